The quantitative estimate of drug-likeness (QED) is 0.404. The van der Waals surface area contributed by atoms with Crippen LogP contribution in [0, 0.1) is 0 Å². The van der Waals surface area contributed by atoms with Crippen LogP contribution in [0.25, 0.3) is 0 Å². The number of hydrogen-bond acceptors (Lipinski definition) is 4. The number of carbonyl (C=O) groups is 2. The fourth-order valence-corrected chi connectivity index (χ4v) is 2.96. The van der Waals surface area contributed by atoms with Gasteiger partial charge in [-0.2, -0.15) is 0 Å². The third kappa shape index (κ3) is 6.68. The summed E-state index contributed by atoms with van der Waals surface area (Å²) in [4.78, 5) is 24.2. The predicted molar refractivity (Wildman–Crippen MR) is 114 cm³/mol. The van der Waals surface area contributed by atoms with E-state index < -0.39 is 5.97 Å². The summed E-state index contributed by atoms with van der Waals surface area (Å²) in [6, 6.07) is 12.5. The third-order valence-corrected chi connectivity index (χ3v) is 4.71. The predicted octanol–water partition coefficient (Wildman–Crippen LogP) is 5.55. The van der Waals surface area contributed by atoms with Gasteiger partial charge in [0.2, 0.25) is 0 Å². The van der Waals surface area contributed by atoms with Crippen molar-refractivity contribution >= 4 is 33.5 Å². The van der Waals surface area contributed by atoms with Crippen LogP contribution in [0.1, 0.15) is 55.5 Å². The van der Waals surface area contributed by atoms with E-state index in [0.717, 1.165) is 17.3 Å². The molecule has 0 aliphatic heterocycles. The van der Waals surface area contributed by atoms with Gasteiger partial charge in [0, 0.05) is 5.69 Å². The average Bonchev–Trinajstić information content (AvgIpc) is 2.67. The van der Waals surface area contributed by atoms with Gasteiger partial charge >= 0.3 is 5.97 Å². The maximum absolute atomic E-state index is 12.2. The summed E-state index contributed by atoms with van der Waals surface area (Å²) in [5.74, 6) is 0.314. The lowest BCUT2D eigenvalue weighted by Gasteiger charge is -2.12. The van der Waals surface area contributed by atoms with Crippen LogP contribution in [0.15, 0.2) is 46.9 Å². The van der Waals surface area contributed by atoms with Gasteiger partial charge in [-0.25, -0.2) is 4.79 Å². The minimum Gasteiger partial charge on any atom is -0.483 e. The normalized spacial score (nSPS) is 10.6. The number of esters is 1. The van der Waals surface area contributed by atoms with E-state index in [4.69, 9.17) is 9.47 Å². The average molecular weight is 448 g/mol. The molecule has 2 aromatic rings. The number of anilines is 1. The molecule has 0 saturated heterocycles. The lowest BCUT2D eigenvalue weighted by atomic mass is 10.0. The number of benzene rings is 2. The van der Waals surface area contributed by atoms with Crippen molar-refractivity contribution in [2.45, 2.75) is 39.5 Å². The maximum Gasteiger partial charge on any atom is 0.338 e. The minimum absolute atomic E-state index is 0.134. The van der Waals surface area contributed by atoms with Gasteiger partial charge in [-0.3, -0.25) is 4.79 Å². The van der Waals surface area contributed by atoms with Crippen LogP contribution < -0.4 is 10.1 Å². The van der Waals surface area contributed by atoms with E-state index in [1.165, 1.54) is 5.56 Å². The molecule has 1 N–H and O–H groups in total. The minimum atomic E-state index is -0.394. The van der Waals surface area contributed by atoms with Crippen LogP contribution in [0.5, 0.6) is 5.75 Å². The Hall–Kier alpha value is -2.34. The highest BCUT2D eigenvalue weighted by Crippen LogP contribution is 2.28. The molecule has 0 aliphatic carbocycles. The van der Waals surface area contributed by atoms with Crippen molar-refractivity contribution in [2.75, 3.05) is 18.5 Å². The van der Waals surface area contributed by atoms with Crippen molar-refractivity contribution in [2.24, 2.45) is 0 Å². The molecule has 5 nitrogen and oxygen atoms in total. The highest BCUT2D eigenvalue weighted by molar-refractivity contribution is 9.10. The van der Waals surface area contributed by atoms with Crippen molar-refractivity contribution in [3.05, 3.63) is 58.1 Å². The van der Waals surface area contributed by atoms with Crippen molar-refractivity contribution in [1.82, 2.24) is 0 Å². The first-order chi connectivity index (χ1) is 13.4. The number of ether oxygens (including phenoxy) is 2. The van der Waals surface area contributed by atoms with Gasteiger partial charge in [-0.15, -0.1) is 0 Å². The van der Waals surface area contributed by atoms with Gasteiger partial charge in [0.1, 0.15) is 5.75 Å². The van der Waals surface area contributed by atoms with E-state index in [1.54, 1.807) is 24.3 Å². The molecule has 0 fully saturated rings. The first kappa shape index (κ1) is 22.0. The molecule has 0 atom stereocenters. The second-order valence-electron chi connectivity index (χ2n) is 6.75. The van der Waals surface area contributed by atoms with Crippen molar-refractivity contribution in [3.63, 3.8) is 0 Å². The molecule has 28 heavy (non-hydrogen) atoms. The van der Waals surface area contributed by atoms with Gasteiger partial charge in [0.25, 0.3) is 5.91 Å². The number of rotatable bonds is 9. The Kier molecular flexibility index (Phi) is 8.51. The summed E-state index contributed by atoms with van der Waals surface area (Å²) in [6.07, 6.45) is 1.78. The Morgan fingerprint density at radius 2 is 1.93 bits per heavy atom. The first-order valence-electron chi connectivity index (χ1n) is 9.40. The largest absolute Gasteiger partial charge is 0.483 e. The number of halogens is 1. The lowest BCUT2D eigenvalue weighted by Crippen LogP contribution is -2.20. The second-order valence-corrected chi connectivity index (χ2v) is 7.61. The van der Waals surface area contributed by atoms with E-state index in [9.17, 15) is 9.59 Å². The first-order valence-corrected chi connectivity index (χ1v) is 10.2. The molecule has 0 bridgehead atoms. The Morgan fingerprint density at radius 1 is 1.14 bits per heavy atom. The summed E-state index contributed by atoms with van der Waals surface area (Å²) in [7, 11) is 0. The van der Waals surface area contributed by atoms with E-state index in [-0.39, 0.29) is 12.5 Å². The smallest absolute Gasteiger partial charge is 0.338 e. The number of carbonyl (C=O) groups excluding carboxylic acids is 2. The fraction of sp³-hybridized carbons (Fsp3) is 0.364. The monoisotopic (exact) mass is 447 g/mol. The standard InChI is InChI=1S/C22H26BrNO4/c1-4-5-11-27-22(26)17-7-6-8-18(12-17)24-21(25)14-28-20-10-9-16(15(2)3)13-19(20)23/h6-10,12-13,15H,4-5,11,14H2,1-3H3,(H,24,25). The van der Waals surface area contributed by atoms with Crippen LogP contribution in [-0.2, 0) is 9.53 Å². The zero-order valence-corrected chi connectivity index (χ0v) is 18.0. The molecule has 150 valence electrons. The molecule has 0 saturated carbocycles. The van der Waals surface area contributed by atoms with Crippen LogP contribution in [0.4, 0.5) is 5.69 Å². The topological polar surface area (TPSA) is 64.6 Å². The second kappa shape index (κ2) is 10.9. The molecule has 0 aliphatic rings. The van der Waals surface area contributed by atoms with E-state index in [0.29, 0.717) is 29.5 Å². The molecule has 1 amide bonds. The summed E-state index contributed by atoms with van der Waals surface area (Å²) in [5, 5.41) is 2.74. The van der Waals surface area contributed by atoms with E-state index in [2.05, 4.69) is 35.1 Å². The summed E-state index contributed by atoms with van der Waals surface area (Å²) < 4.78 is 11.6. The number of unbranched alkanes of at least 4 members (excludes halogenated alkanes) is 1. The lowest BCUT2D eigenvalue weighted by molar-refractivity contribution is -0.118. The van der Waals surface area contributed by atoms with Crippen LogP contribution >= 0.6 is 15.9 Å². The van der Waals surface area contributed by atoms with Crippen molar-refractivity contribution < 1.29 is 19.1 Å². The van der Waals surface area contributed by atoms with Gasteiger partial charge in [-0.1, -0.05) is 39.3 Å². The Bertz CT molecular complexity index is 820. The van der Waals surface area contributed by atoms with E-state index >= 15 is 0 Å². The number of amides is 1. The fourth-order valence-electron chi connectivity index (χ4n) is 2.45. The van der Waals surface area contributed by atoms with Crippen LogP contribution in [0.2, 0.25) is 0 Å². The van der Waals surface area contributed by atoms with Crippen molar-refractivity contribution in [1.29, 1.82) is 0 Å². The zero-order valence-electron chi connectivity index (χ0n) is 16.5. The van der Waals surface area contributed by atoms with Gasteiger partial charge in [-0.05, 0) is 64.2 Å². The van der Waals surface area contributed by atoms with Crippen LogP contribution in [0.3, 0.4) is 0 Å². The highest BCUT2D eigenvalue weighted by Gasteiger charge is 2.11. The molecule has 0 unspecified atom stereocenters. The summed E-state index contributed by atoms with van der Waals surface area (Å²) >= 11 is 3.48. The van der Waals surface area contributed by atoms with E-state index in [1.807, 2.05) is 25.1 Å². The van der Waals surface area contributed by atoms with Gasteiger partial charge in [0.15, 0.2) is 6.61 Å². The molecule has 0 aromatic heterocycles. The molecule has 0 spiro atoms. The van der Waals surface area contributed by atoms with Gasteiger partial charge in [0.05, 0.1) is 16.6 Å². The molecule has 2 rings (SSSR count). The number of hydrogen-bond donors (Lipinski definition) is 1. The Morgan fingerprint density at radius 3 is 2.61 bits per heavy atom. The summed E-state index contributed by atoms with van der Waals surface area (Å²) in [5.41, 5.74) is 2.11. The third-order valence-electron chi connectivity index (χ3n) is 4.09. The molecule has 0 heterocycles. The SMILES string of the molecule is CCCCOC(=O)c1cccc(NC(=O)COc2ccc(C(C)C)cc2Br)c1. The van der Waals surface area contributed by atoms with Gasteiger partial charge < -0.3 is 14.8 Å². The molecule has 2 aromatic carbocycles. The Balaban J connectivity index is 1.91. The highest BCUT2D eigenvalue weighted by atomic mass is 79.9. The summed E-state index contributed by atoms with van der Waals surface area (Å²) in [6.45, 7) is 6.52. The molecular weight excluding hydrogens is 422 g/mol. The van der Waals surface area contributed by atoms with Crippen molar-refractivity contribution in [3.8, 4) is 5.75 Å². The maximum atomic E-state index is 12.2. The van der Waals surface area contributed by atoms with Crippen LogP contribution in [-0.4, -0.2) is 25.1 Å². The number of nitrogens with one attached hydrogen (secondary N) is 1. The molecular formula is C22H26BrNO4. The Labute approximate surface area is 174 Å². The molecule has 0 radical (unpaired) electrons. The zero-order chi connectivity index (χ0) is 20.5. The molecule has 6 heteroatoms.